The van der Waals surface area contributed by atoms with Gasteiger partial charge in [-0.1, -0.05) is 15.9 Å². The second-order valence-electron chi connectivity index (χ2n) is 3.99. The first-order valence-electron chi connectivity index (χ1n) is 5.24. The van der Waals surface area contributed by atoms with Gasteiger partial charge < -0.3 is 0 Å². The van der Waals surface area contributed by atoms with Crippen LogP contribution in [0.1, 0.15) is 18.4 Å². The van der Waals surface area contributed by atoms with Crippen molar-refractivity contribution >= 4 is 31.9 Å². The smallest absolute Gasteiger partial charge is 0.266 e. The number of nitrogens with zero attached hydrogens (tertiary/aromatic N) is 1. The van der Waals surface area contributed by atoms with Crippen molar-refractivity contribution < 1.29 is 13.2 Å². The quantitative estimate of drug-likeness (QED) is 0.839. The van der Waals surface area contributed by atoms with E-state index in [2.05, 4.69) is 15.9 Å². The molecule has 6 heteroatoms. The molecule has 92 valence electrons. The van der Waals surface area contributed by atoms with Gasteiger partial charge in [-0.3, -0.25) is 4.79 Å². The van der Waals surface area contributed by atoms with Crippen LogP contribution in [0.4, 0.5) is 0 Å². The van der Waals surface area contributed by atoms with Crippen LogP contribution in [0.25, 0.3) is 0 Å². The van der Waals surface area contributed by atoms with Gasteiger partial charge in [0.2, 0.25) is 5.91 Å². The summed E-state index contributed by atoms with van der Waals surface area (Å²) in [6.07, 6.45) is 0.919. The highest BCUT2D eigenvalue weighted by Gasteiger charge is 2.32. The van der Waals surface area contributed by atoms with Gasteiger partial charge in [-0.05, 0) is 37.1 Å². The number of amides is 1. The second kappa shape index (κ2) is 4.42. The van der Waals surface area contributed by atoms with Crippen molar-refractivity contribution in [1.82, 2.24) is 4.31 Å². The number of carbonyl (C=O) groups is 1. The van der Waals surface area contributed by atoms with Crippen LogP contribution in [0, 0.1) is 6.92 Å². The van der Waals surface area contributed by atoms with Gasteiger partial charge in [0.25, 0.3) is 10.0 Å². The molecule has 0 N–H and O–H groups in total. The average molecular weight is 318 g/mol. The fourth-order valence-corrected chi connectivity index (χ4v) is 3.58. The van der Waals surface area contributed by atoms with Crippen LogP contribution in [0.5, 0.6) is 0 Å². The Bertz CT molecular complexity index is 568. The molecular formula is C11H12BrNO3S. The van der Waals surface area contributed by atoms with E-state index in [9.17, 15) is 13.2 Å². The van der Waals surface area contributed by atoms with Crippen LogP contribution in [0.3, 0.4) is 0 Å². The first-order chi connectivity index (χ1) is 7.93. The van der Waals surface area contributed by atoms with Crippen LogP contribution >= 0.6 is 15.9 Å². The third-order valence-electron chi connectivity index (χ3n) is 2.75. The van der Waals surface area contributed by atoms with Crippen molar-refractivity contribution in [1.29, 1.82) is 0 Å². The topological polar surface area (TPSA) is 54.5 Å². The molecule has 1 aliphatic heterocycles. The molecule has 0 saturated carbocycles. The molecule has 0 spiro atoms. The van der Waals surface area contributed by atoms with E-state index in [-0.39, 0.29) is 17.3 Å². The molecule has 1 heterocycles. The van der Waals surface area contributed by atoms with E-state index in [1.165, 1.54) is 6.07 Å². The number of sulfonamides is 1. The van der Waals surface area contributed by atoms with Gasteiger partial charge in [0.15, 0.2) is 0 Å². The van der Waals surface area contributed by atoms with Gasteiger partial charge in [-0.2, -0.15) is 0 Å². The molecule has 0 atom stereocenters. The highest BCUT2D eigenvalue weighted by Crippen LogP contribution is 2.25. The van der Waals surface area contributed by atoms with Crippen LogP contribution in [0.2, 0.25) is 0 Å². The predicted molar refractivity (Wildman–Crippen MR) is 67.0 cm³/mol. The van der Waals surface area contributed by atoms with Gasteiger partial charge in [0.1, 0.15) is 0 Å². The molecule has 1 aromatic rings. The van der Waals surface area contributed by atoms with E-state index in [1.807, 2.05) is 6.92 Å². The molecule has 1 aromatic carbocycles. The number of benzene rings is 1. The van der Waals surface area contributed by atoms with Gasteiger partial charge in [0, 0.05) is 17.4 Å². The molecule has 0 radical (unpaired) electrons. The second-order valence-corrected chi connectivity index (χ2v) is 6.70. The summed E-state index contributed by atoms with van der Waals surface area (Å²) in [5.41, 5.74) is 0.831. The summed E-state index contributed by atoms with van der Waals surface area (Å²) >= 11 is 3.32. The zero-order valence-corrected chi connectivity index (χ0v) is 11.7. The molecule has 1 amide bonds. The Balaban J connectivity index is 2.44. The van der Waals surface area contributed by atoms with Gasteiger partial charge >= 0.3 is 0 Å². The molecule has 2 rings (SSSR count). The highest BCUT2D eigenvalue weighted by molar-refractivity contribution is 9.10. The molecule has 17 heavy (non-hydrogen) atoms. The largest absolute Gasteiger partial charge is 0.274 e. The fraction of sp³-hybridized carbons (Fsp3) is 0.364. The lowest BCUT2D eigenvalue weighted by atomic mass is 10.2. The Morgan fingerprint density at radius 3 is 2.59 bits per heavy atom. The molecule has 1 saturated heterocycles. The van der Waals surface area contributed by atoms with Gasteiger partial charge in [0.05, 0.1) is 4.90 Å². The minimum atomic E-state index is -3.66. The van der Waals surface area contributed by atoms with E-state index >= 15 is 0 Å². The lowest BCUT2D eigenvalue weighted by Crippen LogP contribution is -2.31. The maximum absolute atomic E-state index is 12.2. The Hall–Kier alpha value is -0.880. The number of hydrogen-bond donors (Lipinski definition) is 0. The summed E-state index contributed by atoms with van der Waals surface area (Å²) in [4.78, 5) is 11.7. The molecule has 1 fully saturated rings. The molecule has 4 nitrogen and oxygen atoms in total. The van der Waals surface area contributed by atoms with E-state index in [4.69, 9.17) is 0 Å². The van der Waals surface area contributed by atoms with Crippen LogP contribution < -0.4 is 0 Å². The average Bonchev–Trinajstić information content (AvgIpc) is 2.69. The Labute approximate surface area is 109 Å². The normalized spacial score (nSPS) is 16.6. The lowest BCUT2D eigenvalue weighted by molar-refractivity contribution is -0.123. The maximum atomic E-state index is 12.2. The van der Waals surface area contributed by atoms with Crippen molar-refractivity contribution in [2.75, 3.05) is 6.54 Å². The number of rotatable bonds is 2. The first-order valence-corrected chi connectivity index (χ1v) is 7.48. The Morgan fingerprint density at radius 1 is 1.35 bits per heavy atom. The molecule has 0 aliphatic carbocycles. The van der Waals surface area contributed by atoms with E-state index < -0.39 is 10.0 Å². The SMILES string of the molecule is Cc1cc(S(=O)(=O)N2CCCC2=O)ccc1Br. The summed E-state index contributed by atoms with van der Waals surface area (Å²) in [5, 5.41) is 0. The molecule has 0 bridgehead atoms. The fourth-order valence-electron chi connectivity index (χ4n) is 1.78. The summed E-state index contributed by atoms with van der Waals surface area (Å²) in [5.74, 6) is -0.314. The van der Waals surface area contributed by atoms with Crippen molar-refractivity contribution in [3.05, 3.63) is 28.2 Å². The van der Waals surface area contributed by atoms with Crippen LogP contribution in [-0.4, -0.2) is 25.2 Å². The maximum Gasteiger partial charge on any atom is 0.266 e. The molecule has 0 unspecified atom stereocenters. The van der Waals surface area contributed by atoms with Crippen molar-refractivity contribution in [2.24, 2.45) is 0 Å². The Morgan fingerprint density at radius 2 is 2.06 bits per heavy atom. The van der Waals surface area contributed by atoms with Gasteiger partial charge in [-0.25, -0.2) is 12.7 Å². The third kappa shape index (κ3) is 2.24. The number of halogens is 1. The van der Waals surface area contributed by atoms with E-state index in [1.54, 1.807) is 12.1 Å². The van der Waals surface area contributed by atoms with Gasteiger partial charge in [-0.15, -0.1) is 0 Å². The van der Waals surface area contributed by atoms with Crippen molar-refractivity contribution in [2.45, 2.75) is 24.7 Å². The standard InChI is InChI=1S/C11H12BrNO3S/c1-8-7-9(4-5-10(8)12)17(15,16)13-6-2-3-11(13)14/h4-5,7H,2-3,6H2,1H3. The van der Waals surface area contributed by atoms with Crippen LogP contribution in [-0.2, 0) is 14.8 Å². The number of aryl methyl sites for hydroxylation is 1. The number of hydrogen-bond acceptors (Lipinski definition) is 3. The Kier molecular flexibility index (Phi) is 3.27. The zero-order valence-electron chi connectivity index (χ0n) is 9.31. The van der Waals surface area contributed by atoms with E-state index in [0.29, 0.717) is 12.8 Å². The lowest BCUT2D eigenvalue weighted by Gasteiger charge is -2.16. The molecule has 1 aliphatic rings. The van der Waals surface area contributed by atoms with Crippen LogP contribution in [0.15, 0.2) is 27.6 Å². The summed E-state index contributed by atoms with van der Waals surface area (Å²) in [6.45, 7) is 2.10. The molecule has 0 aromatic heterocycles. The van der Waals surface area contributed by atoms with Crippen molar-refractivity contribution in [3.63, 3.8) is 0 Å². The van der Waals surface area contributed by atoms with E-state index in [0.717, 1.165) is 14.3 Å². The number of carbonyl (C=O) groups excluding carboxylic acids is 1. The van der Waals surface area contributed by atoms with Crippen molar-refractivity contribution in [3.8, 4) is 0 Å². The third-order valence-corrected chi connectivity index (χ3v) is 5.45. The summed E-state index contributed by atoms with van der Waals surface area (Å²) < 4.78 is 26.2. The first kappa shape index (κ1) is 12.6. The minimum Gasteiger partial charge on any atom is -0.274 e. The highest BCUT2D eigenvalue weighted by atomic mass is 79.9. The zero-order chi connectivity index (χ0) is 12.6. The monoisotopic (exact) mass is 317 g/mol. The minimum absolute atomic E-state index is 0.174. The summed E-state index contributed by atoms with van der Waals surface area (Å²) in [7, 11) is -3.66. The summed E-state index contributed by atoms with van der Waals surface area (Å²) in [6, 6.07) is 4.77. The predicted octanol–water partition coefficient (Wildman–Crippen LogP) is 2.07. The molecular weight excluding hydrogens is 306 g/mol.